The number of nitrogens with one attached hydrogen (secondary N) is 1. The molecule has 1 unspecified atom stereocenters. The van der Waals surface area contributed by atoms with Crippen LogP contribution >= 0.6 is 0 Å². The van der Waals surface area contributed by atoms with Gasteiger partial charge in [-0.1, -0.05) is 11.6 Å². The summed E-state index contributed by atoms with van der Waals surface area (Å²) in [4.78, 5) is 7.28. The highest BCUT2D eigenvalue weighted by Gasteiger charge is 2.30. The number of rotatable bonds is 2. The van der Waals surface area contributed by atoms with Crippen molar-refractivity contribution in [3.63, 3.8) is 0 Å². The van der Waals surface area contributed by atoms with Crippen LogP contribution in [0, 0.1) is 5.92 Å². The largest absolute Gasteiger partial charge is 0.335 e. The van der Waals surface area contributed by atoms with Crippen molar-refractivity contribution in [2.24, 2.45) is 10.9 Å². The molecule has 0 radical (unpaired) electrons. The van der Waals surface area contributed by atoms with Crippen LogP contribution in [0.5, 0.6) is 0 Å². The molecule has 0 aromatic rings. The Labute approximate surface area is 110 Å². The molecule has 98 valence electrons. The van der Waals surface area contributed by atoms with E-state index >= 15 is 0 Å². The molecule has 3 nitrogen and oxygen atoms in total. The number of hydrogen-bond acceptors (Lipinski definition) is 3. The van der Waals surface area contributed by atoms with E-state index < -0.39 is 0 Å². The molecule has 0 spiro atoms. The van der Waals surface area contributed by atoms with E-state index in [2.05, 4.69) is 36.3 Å². The average molecular weight is 245 g/mol. The van der Waals surface area contributed by atoms with Crippen molar-refractivity contribution in [3.8, 4) is 0 Å². The predicted molar refractivity (Wildman–Crippen MR) is 75.7 cm³/mol. The molecule has 3 aliphatic rings. The third kappa shape index (κ3) is 2.24. The highest BCUT2D eigenvalue weighted by Crippen LogP contribution is 2.31. The number of fused-ring (bicyclic) bond motifs is 1. The molecule has 3 heteroatoms. The van der Waals surface area contributed by atoms with Gasteiger partial charge < -0.3 is 10.2 Å². The molecule has 3 rings (SSSR count). The lowest BCUT2D eigenvalue weighted by molar-refractivity contribution is 0.377. The van der Waals surface area contributed by atoms with Gasteiger partial charge in [0.15, 0.2) is 0 Å². The van der Waals surface area contributed by atoms with E-state index in [1.165, 1.54) is 43.0 Å². The molecule has 0 saturated carbocycles. The highest BCUT2D eigenvalue weighted by atomic mass is 15.2. The second-order valence-electron chi connectivity index (χ2n) is 5.83. The summed E-state index contributed by atoms with van der Waals surface area (Å²) in [6, 6.07) is 0.400. The summed E-state index contributed by atoms with van der Waals surface area (Å²) in [7, 11) is 2.18. The van der Waals surface area contributed by atoms with Gasteiger partial charge in [-0.25, -0.2) is 0 Å². The molecule has 2 heterocycles. The Kier molecular flexibility index (Phi) is 3.25. The number of hydrogen-bond donors (Lipinski definition) is 1. The number of amidine groups is 1. The minimum absolute atomic E-state index is 0.400. The van der Waals surface area contributed by atoms with Gasteiger partial charge in [0.25, 0.3) is 0 Å². The van der Waals surface area contributed by atoms with Gasteiger partial charge in [0, 0.05) is 19.2 Å². The van der Waals surface area contributed by atoms with E-state index in [4.69, 9.17) is 4.99 Å². The van der Waals surface area contributed by atoms with Crippen LogP contribution in [0.4, 0.5) is 0 Å². The quantitative estimate of drug-likeness (QED) is 0.808. The summed E-state index contributed by atoms with van der Waals surface area (Å²) in [6.45, 7) is 4.55. The summed E-state index contributed by atoms with van der Waals surface area (Å²) in [5.74, 6) is 2.13. The van der Waals surface area contributed by atoms with E-state index in [9.17, 15) is 0 Å². The third-order valence-electron chi connectivity index (χ3n) is 4.40. The van der Waals surface area contributed by atoms with E-state index in [1.54, 1.807) is 0 Å². The fraction of sp³-hybridized carbons (Fsp3) is 0.667. The maximum absolute atomic E-state index is 4.95. The normalized spacial score (nSPS) is 28.7. The molecule has 1 saturated heterocycles. The van der Waals surface area contributed by atoms with Crippen LogP contribution in [-0.2, 0) is 0 Å². The molecule has 0 amide bonds. The number of likely N-dealkylation sites (N-methyl/N-ethyl adjacent to an activating group) is 1. The Balaban J connectivity index is 1.69. The van der Waals surface area contributed by atoms with Crippen LogP contribution < -0.4 is 5.32 Å². The molecule has 1 atom stereocenters. The Morgan fingerprint density at radius 3 is 2.89 bits per heavy atom. The van der Waals surface area contributed by atoms with Gasteiger partial charge in [0.2, 0.25) is 0 Å². The van der Waals surface area contributed by atoms with Crippen molar-refractivity contribution in [2.45, 2.75) is 38.6 Å². The summed E-state index contributed by atoms with van der Waals surface area (Å²) in [5.41, 5.74) is 2.84. The van der Waals surface area contributed by atoms with Gasteiger partial charge in [-0.2, -0.15) is 0 Å². The lowest BCUT2D eigenvalue weighted by Crippen LogP contribution is -2.31. The van der Waals surface area contributed by atoms with Crippen molar-refractivity contribution in [1.82, 2.24) is 10.2 Å². The maximum atomic E-state index is 4.95. The Hall–Kier alpha value is -1.09. The van der Waals surface area contributed by atoms with E-state index in [-0.39, 0.29) is 0 Å². The molecule has 1 aliphatic carbocycles. The van der Waals surface area contributed by atoms with Crippen LogP contribution in [0.15, 0.2) is 28.4 Å². The van der Waals surface area contributed by atoms with E-state index in [0.717, 1.165) is 18.8 Å². The van der Waals surface area contributed by atoms with Crippen molar-refractivity contribution in [2.75, 3.05) is 20.1 Å². The first-order valence-corrected chi connectivity index (χ1v) is 7.12. The molecule has 0 bridgehead atoms. The lowest BCUT2D eigenvalue weighted by Gasteiger charge is -2.25. The first-order chi connectivity index (χ1) is 8.74. The molecule has 1 fully saturated rings. The summed E-state index contributed by atoms with van der Waals surface area (Å²) >= 11 is 0. The van der Waals surface area contributed by atoms with Gasteiger partial charge in [-0.05, 0) is 51.3 Å². The zero-order valence-corrected chi connectivity index (χ0v) is 11.4. The Bertz CT molecular complexity index is 413. The number of aliphatic imine (C=N–C) groups is 1. The molecule has 2 aliphatic heterocycles. The molecular formula is C15H23N3. The minimum Gasteiger partial charge on any atom is -0.335 e. The first-order valence-electron chi connectivity index (χ1n) is 7.12. The van der Waals surface area contributed by atoms with Crippen molar-refractivity contribution in [1.29, 1.82) is 0 Å². The fourth-order valence-electron chi connectivity index (χ4n) is 3.21. The fourth-order valence-corrected chi connectivity index (χ4v) is 3.21. The van der Waals surface area contributed by atoms with Gasteiger partial charge in [-0.3, -0.25) is 4.99 Å². The smallest absolute Gasteiger partial charge is 0.104 e. The summed E-state index contributed by atoms with van der Waals surface area (Å²) in [6.07, 6.45) is 9.35. The summed E-state index contributed by atoms with van der Waals surface area (Å²) in [5, 5.41) is 3.43. The van der Waals surface area contributed by atoms with Crippen LogP contribution in [0.25, 0.3) is 0 Å². The Morgan fingerprint density at radius 1 is 1.33 bits per heavy atom. The zero-order chi connectivity index (χ0) is 12.5. The number of allylic oxidation sites excluding steroid dienone is 2. The molecular weight excluding hydrogens is 222 g/mol. The van der Waals surface area contributed by atoms with Crippen molar-refractivity contribution in [3.05, 3.63) is 23.4 Å². The summed E-state index contributed by atoms with van der Waals surface area (Å²) < 4.78 is 0. The monoisotopic (exact) mass is 245 g/mol. The van der Waals surface area contributed by atoms with Gasteiger partial charge >= 0.3 is 0 Å². The highest BCUT2D eigenvalue weighted by molar-refractivity contribution is 5.87. The van der Waals surface area contributed by atoms with Crippen LogP contribution in [-0.4, -0.2) is 36.9 Å². The first kappa shape index (κ1) is 12.0. The second-order valence-corrected chi connectivity index (χ2v) is 5.83. The topological polar surface area (TPSA) is 27.6 Å². The van der Waals surface area contributed by atoms with Crippen molar-refractivity contribution < 1.29 is 0 Å². The van der Waals surface area contributed by atoms with Crippen LogP contribution in [0.2, 0.25) is 0 Å². The Morgan fingerprint density at radius 2 is 2.11 bits per heavy atom. The zero-order valence-electron chi connectivity index (χ0n) is 11.4. The number of piperidine rings is 1. The molecule has 1 N–H and O–H groups in total. The average Bonchev–Trinajstić information content (AvgIpc) is 2.67. The molecule has 0 aromatic carbocycles. The standard InChI is InChI=1S/C15H23N3/c1-11-3-4-14-13(9-11)17-15(18(14)2)10-12-5-7-16-8-6-12/h3-4,12-13,16H,5-10H2,1-2H3. The van der Waals surface area contributed by atoms with Gasteiger partial charge in [0.1, 0.15) is 5.84 Å². The third-order valence-corrected chi connectivity index (χ3v) is 4.40. The molecule has 0 aromatic heterocycles. The maximum Gasteiger partial charge on any atom is 0.104 e. The van der Waals surface area contributed by atoms with E-state index in [0.29, 0.717) is 6.04 Å². The SMILES string of the molecule is CC1=CC=C2C(C1)N=C(CC1CCNCC1)N2C. The van der Waals surface area contributed by atoms with Crippen LogP contribution in [0.1, 0.15) is 32.6 Å². The second kappa shape index (κ2) is 4.88. The number of nitrogens with zero attached hydrogens (tertiary/aromatic N) is 2. The van der Waals surface area contributed by atoms with Gasteiger partial charge in [0.05, 0.1) is 6.04 Å². The van der Waals surface area contributed by atoms with Gasteiger partial charge in [-0.15, -0.1) is 0 Å². The van der Waals surface area contributed by atoms with E-state index in [1.807, 2.05) is 0 Å². The lowest BCUT2D eigenvalue weighted by atomic mass is 9.94. The minimum atomic E-state index is 0.400. The van der Waals surface area contributed by atoms with Crippen LogP contribution in [0.3, 0.4) is 0 Å². The van der Waals surface area contributed by atoms with Crippen molar-refractivity contribution >= 4 is 5.84 Å². The predicted octanol–water partition coefficient (Wildman–Crippen LogP) is 2.32. The molecule has 18 heavy (non-hydrogen) atoms.